The van der Waals surface area contributed by atoms with E-state index in [9.17, 15) is 4.79 Å². The number of nitrogens with two attached hydrogens (primary N) is 1. The molecule has 0 fully saturated rings. The maximum absolute atomic E-state index is 11.8. The second-order valence-electron chi connectivity index (χ2n) is 4.13. The minimum atomic E-state index is -0.120. The summed E-state index contributed by atoms with van der Waals surface area (Å²) in [5.41, 5.74) is 7.05. The first-order chi connectivity index (χ1) is 9.29. The van der Waals surface area contributed by atoms with Crippen LogP contribution in [0.15, 0.2) is 41.6 Å². The first kappa shape index (κ1) is 13.2. The third-order valence-corrected chi connectivity index (χ3v) is 2.68. The van der Waals surface area contributed by atoms with E-state index in [1.165, 1.54) is 10.7 Å². The van der Waals surface area contributed by atoms with Gasteiger partial charge in [-0.3, -0.25) is 9.78 Å². The molecule has 2 aromatic rings. The molecule has 2 rings (SSSR count). The van der Waals surface area contributed by atoms with Gasteiger partial charge in [0.15, 0.2) is 0 Å². The van der Waals surface area contributed by atoms with Crippen LogP contribution in [0, 0.1) is 0 Å². The third-order valence-electron chi connectivity index (χ3n) is 2.68. The number of rotatable bonds is 6. The maximum atomic E-state index is 11.8. The van der Waals surface area contributed by atoms with Gasteiger partial charge in [-0.15, -0.1) is 0 Å². The Kier molecular flexibility index (Phi) is 4.63. The summed E-state index contributed by atoms with van der Waals surface area (Å²) >= 11 is 0. The summed E-state index contributed by atoms with van der Waals surface area (Å²) in [4.78, 5) is 15.9. The Labute approximate surface area is 111 Å². The molecule has 19 heavy (non-hydrogen) atoms. The van der Waals surface area contributed by atoms with Gasteiger partial charge in [-0.1, -0.05) is 6.07 Å². The van der Waals surface area contributed by atoms with E-state index >= 15 is 0 Å². The van der Waals surface area contributed by atoms with E-state index in [1.54, 1.807) is 18.6 Å². The Balaban J connectivity index is 1.99. The van der Waals surface area contributed by atoms with E-state index < -0.39 is 0 Å². The summed E-state index contributed by atoms with van der Waals surface area (Å²) in [5.74, 6) is 0. The van der Waals surface area contributed by atoms with Gasteiger partial charge in [-0.2, -0.15) is 5.10 Å². The number of nitrogens with zero attached hydrogens (tertiary/aromatic N) is 3. The lowest BCUT2D eigenvalue weighted by molar-refractivity contribution is 0.578. The van der Waals surface area contributed by atoms with Crippen molar-refractivity contribution < 1.29 is 0 Å². The predicted molar refractivity (Wildman–Crippen MR) is 74.0 cm³/mol. The van der Waals surface area contributed by atoms with Crippen LogP contribution < -0.4 is 16.6 Å². The summed E-state index contributed by atoms with van der Waals surface area (Å²) in [6.07, 6.45) is 5.89. The molecule has 6 nitrogen and oxygen atoms in total. The van der Waals surface area contributed by atoms with Crippen LogP contribution in [-0.4, -0.2) is 27.9 Å². The van der Waals surface area contributed by atoms with Crippen molar-refractivity contribution in [2.75, 3.05) is 18.4 Å². The van der Waals surface area contributed by atoms with E-state index in [-0.39, 0.29) is 5.56 Å². The van der Waals surface area contributed by atoms with Gasteiger partial charge in [0.1, 0.15) is 0 Å². The third kappa shape index (κ3) is 3.89. The van der Waals surface area contributed by atoms with Gasteiger partial charge >= 0.3 is 0 Å². The molecule has 0 aliphatic rings. The van der Waals surface area contributed by atoms with Crippen LogP contribution >= 0.6 is 0 Å². The lowest BCUT2D eigenvalue weighted by Crippen LogP contribution is -2.24. The van der Waals surface area contributed by atoms with Crippen LogP contribution in [-0.2, 0) is 13.0 Å². The van der Waals surface area contributed by atoms with Gasteiger partial charge in [0.25, 0.3) is 5.56 Å². The van der Waals surface area contributed by atoms with E-state index in [0.29, 0.717) is 25.3 Å². The van der Waals surface area contributed by atoms with Crippen molar-refractivity contribution in [3.8, 4) is 0 Å². The molecule has 0 spiro atoms. The fraction of sp³-hybridized carbons (Fsp3) is 0.308. The van der Waals surface area contributed by atoms with Gasteiger partial charge < -0.3 is 11.1 Å². The Hall–Kier alpha value is -2.21. The van der Waals surface area contributed by atoms with Gasteiger partial charge in [0, 0.05) is 38.1 Å². The molecular formula is C13H17N5O. The SMILES string of the molecule is NCCNc1cnn(CCc2cccnc2)c(=O)c1. The zero-order valence-corrected chi connectivity index (χ0v) is 10.6. The first-order valence-corrected chi connectivity index (χ1v) is 6.19. The topological polar surface area (TPSA) is 85.8 Å². The molecular weight excluding hydrogens is 242 g/mol. The number of nitrogens with one attached hydrogen (secondary N) is 1. The maximum Gasteiger partial charge on any atom is 0.268 e. The summed E-state index contributed by atoms with van der Waals surface area (Å²) in [5, 5.41) is 7.15. The minimum Gasteiger partial charge on any atom is -0.382 e. The van der Waals surface area contributed by atoms with E-state index in [2.05, 4.69) is 15.4 Å². The molecule has 0 amide bonds. The van der Waals surface area contributed by atoms with Crippen LogP contribution in [0.4, 0.5) is 5.69 Å². The molecule has 2 heterocycles. The van der Waals surface area contributed by atoms with Crippen molar-refractivity contribution in [1.82, 2.24) is 14.8 Å². The number of aryl methyl sites for hydroxylation is 2. The highest BCUT2D eigenvalue weighted by atomic mass is 16.1. The molecule has 100 valence electrons. The number of anilines is 1. The van der Waals surface area contributed by atoms with Gasteiger partial charge in [0.2, 0.25) is 0 Å². The van der Waals surface area contributed by atoms with Gasteiger partial charge in [-0.25, -0.2) is 4.68 Å². The van der Waals surface area contributed by atoms with Crippen LogP contribution in [0.5, 0.6) is 0 Å². The Morgan fingerprint density at radius 3 is 2.95 bits per heavy atom. The fourth-order valence-electron chi connectivity index (χ4n) is 1.70. The van der Waals surface area contributed by atoms with Gasteiger partial charge in [0.05, 0.1) is 11.9 Å². The molecule has 0 atom stereocenters. The Morgan fingerprint density at radius 2 is 2.26 bits per heavy atom. The molecule has 0 radical (unpaired) electrons. The van der Waals surface area contributed by atoms with Crippen molar-refractivity contribution in [1.29, 1.82) is 0 Å². The largest absolute Gasteiger partial charge is 0.382 e. The molecule has 0 aliphatic heterocycles. The summed E-state index contributed by atoms with van der Waals surface area (Å²) in [6, 6.07) is 5.40. The smallest absolute Gasteiger partial charge is 0.268 e. The average Bonchev–Trinajstić information content (AvgIpc) is 2.45. The highest BCUT2D eigenvalue weighted by Crippen LogP contribution is 2.00. The molecule has 0 saturated heterocycles. The molecule has 0 aliphatic carbocycles. The zero-order chi connectivity index (χ0) is 13.5. The molecule has 2 aromatic heterocycles. The molecule has 0 bridgehead atoms. The number of hydrogen-bond acceptors (Lipinski definition) is 5. The van der Waals surface area contributed by atoms with Crippen LogP contribution in [0.3, 0.4) is 0 Å². The normalized spacial score (nSPS) is 10.4. The molecule has 0 unspecified atom stereocenters. The molecule has 0 aromatic carbocycles. The van der Waals surface area contributed by atoms with Crippen molar-refractivity contribution in [2.45, 2.75) is 13.0 Å². The van der Waals surface area contributed by atoms with E-state index in [1.807, 2.05) is 12.1 Å². The first-order valence-electron chi connectivity index (χ1n) is 6.19. The molecule has 6 heteroatoms. The molecule has 0 saturated carbocycles. The van der Waals surface area contributed by atoms with Crippen molar-refractivity contribution in [3.05, 3.63) is 52.7 Å². The lowest BCUT2D eigenvalue weighted by atomic mass is 10.2. The minimum absolute atomic E-state index is 0.120. The number of hydrogen-bond donors (Lipinski definition) is 2. The quantitative estimate of drug-likeness (QED) is 0.776. The van der Waals surface area contributed by atoms with Crippen LogP contribution in [0.1, 0.15) is 5.56 Å². The summed E-state index contributed by atoms with van der Waals surface area (Å²) in [7, 11) is 0. The van der Waals surface area contributed by atoms with Crippen molar-refractivity contribution >= 4 is 5.69 Å². The second kappa shape index (κ2) is 6.65. The predicted octanol–water partition coefficient (Wildman–Crippen LogP) is 0.252. The zero-order valence-electron chi connectivity index (χ0n) is 10.6. The highest BCUT2D eigenvalue weighted by molar-refractivity contribution is 5.38. The van der Waals surface area contributed by atoms with Crippen LogP contribution in [0.25, 0.3) is 0 Å². The number of pyridine rings is 1. The monoisotopic (exact) mass is 259 g/mol. The van der Waals surface area contributed by atoms with Crippen LogP contribution in [0.2, 0.25) is 0 Å². The molecule has 3 N–H and O–H groups in total. The number of aromatic nitrogens is 3. The van der Waals surface area contributed by atoms with Crippen molar-refractivity contribution in [3.63, 3.8) is 0 Å². The Bertz CT molecular complexity index is 567. The van der Waals surface area contributed by atoms with Gasteiger partial charge in [-0.05, 0) is 18.1 Å². The standard InChI is InChI=1S/C13H17N5O/c14-4-6-16-12-8-13(19)18(17-10-12)7-3-11-2-1-5-15-9-11/h1-2,5,8-10,16H,3-4,6-7,14H2. The van der Waals surface area contributed by atoms with E-state index in [0.717, 1.165) is 12.0 Å². The summed E-state index contributed by atoms with van der Waals surface area (Å²) < 4.78 is 1.45. The average molecular weight is 259 g/mol. The summed E-state index contributed by atoms with van der Waals surface area (Å²) in [6.45, 7) is 1.69. The lowest BCUT2D eigenvalue weighted by Gasteiger charge is -2.07. The highest BCUT2D eigenvalue weighted by Gasteiger charge is 2.00. The van der Waals surface area contributed by atoms with E-state index in [4.69, 9.17) is 5.73 Å². The van der Waals surface area contributed by atoms with Crippen molar-refractivity contribution in [2.24, 2.45) is 5.73 Å². The fourth-order valence-corrected chi connectivity index (χ4v) is 1.70. The Morgan fingerprint density at radius 1 is 1.37 bits per heavy atom. The second-order valence-corrected chi connectivity index (χ2v) is 4.13.